The monoisotopic (exact) mass is 173 g/mol. The summed E-state index contributed by atoms with van der Waals surface area (Å²) in [5.41, 5.74) is 0. The molecule has 0 amide bonds. The zero-order valence-electron chi connectivity index (χ0n) is 5.37. The average molecular weight is 173 g/mol. The summed E-state index contributed by atoms with van der Waals surface area (Å²) < 4.78 is 4.46. The first-order valence-corrected chi connectivity index (χ1v) is 2.64. The van der Waals surface area contributed by atoms with Crippen molar-refractivity contribution in [1.29, 1.82) is 0 Å². The summed E-state index contributed by atoms with van der Waals surface area (Å²) in [6, 6.07) is 0. The van der Waals surface area contributed by atoms with Gasteiger partial charge in [-0.05, 0) is 11.0 Å². The third-order valence-electron chi connectivity index (χ3n) is 0.679. The number of carbonyl (C=O) groups is 1. The van der Waals surface area contributed by atoms with Gasteiger partial charge in [-0.3, -0.25) is 0 Å². The van der Waals surface area contributed by atoms with Crippen LogP contribution in [0.4, 0.5) is 0 Å². The molecule has 0 aliphatic rings. The first kappa shape index (κ1) is 12.5. The third kappa shape index (κ3) is 8.81. The maximum atomic E-state index is 10.3. The zero-order chi connectivity index (χ0) is 7.82. The van der Waals surface area contributed by atoms with Gasteiger partial charge >= 0.3 is 5.97 Å². The molecule has 0 aliphatic carbocycles. The van der Waals surface area contributed by atoms with Crippen LogP contribution >= 0.6 is 0 Å². The number of rotatable bonds is 4. The molecule has 11 heavy (non-hydrogen) atoms. The number of esters is 1. The molecule has 0 rings (SSSR count). The van der Waals surface area contributed by atoms with E-state index in [-0.39, 0.29) is 24.1 Å². The van der Waals surface area contributed by atoms with Crippen molar-refractivity contribution in [3.63, 3.8) is 0 Å². The Bertz CT molecular complexity index is 175. The van der Waals surface area contributed by atoms with E-state index in [4.69, 9.17) is 0 Å². The second-order valence-electron chi connectivity index (χ2n) is 1.34. The van der Waals surface area contributed by atoms with Crippen LogP contribution in [-0.4, -0.2) is 36.2 Å². The lowest BCUT2D eigenvalue weighted by atomic mass is 10.6. The third-order valence-corrected chi connectivity index (χ3v) is 0.679. The zero-order valence-corrected chi connectivity index (χ0v) is 5.37. The van der Waals surface area contributed by atoms with Crippen LogP contribution in [-0.2, 0) is 14.3 Å². The topological polar surface area (TPSA) is 55.7 Å². The minimum absolute atomic E-state index is 0. The summed E-state index contributed by atoms with van der Waals surface area (Å²) in [5, 5.41) is 0. The van der Waals surface area contributed by atoms with E-state index in [1.165, 1.54) is 6.08 Å². The Kier molecular flexibility index (Phi) is 9.99. The van der Waals surface area contributed by atoms with E-state index in [1.54, 1.807) is 0 Å². The highest BCUT2D eigenvalue weighted by Crippen LogP contribution is 1.78. The van der Waals surface area contributed by atoms with Gasteiger partial charge in [-0.2, -0.15) is 0 Å². The Hall–Kier alpha value is -1.19. The Balaban J connectivity index is 0. The van der Waals surface area contributed by atoms with Gasteiger partial charge in [-0.1, -0.05) is 6.58 Å². The van der Waals surface area contributed by atoms with Crippen LogP contribution in [0, 0.1) is 0 Å². The van der Waals surface area contributed by atoms with Gasteiger partial charge in [0.1, 0.15) is 6.61 Å². The van der Waals surface area contributed by atoms with Gasteiger partial charge in [-0.25, -0.2) is 14.6 Å². The molecule has 0 aromatic carbocycles. The highest BCUT2D eigenvalue weighted by Gasteiger charge is 1.91. The van der Waals surface area contributed by atoms with Crippen LogP contribution in [0.1, 0.15) is 0 Å². The molecule has 0 N–H and O–H groups in total. The highest BCUT2D eigenvalue weighted by molar-refractivity contribution is 5.81. The quantitative estimate of drug-likeness (QED) is 0.131. The van der Waals surface area contributed by atoms with Crippen LogP contribution in [0.2, 0.25) is 0 Å². The van der Waals surface area contributed by atoms with E-state index in [9.17, 15) is 9.59 Å². The standard InChI is InChI=1S/C6H7NO3.H4Si/c1-2-6(9)10-4-3-7-5-8;/h2H,1,3-4H2;1H4. The fourth-order valence-corrected chi connectivity index (χ4v) is 0.296. The van der Waals surface area contributed by atoms with E-state index in [0.29, 0.717) is 0 Å². The first-order chi connectivity index (χ1) is 4.81. The predicted molar refractivity (Wildman–Crippen MR) is 45.5 cm³/mol. The predicted octanol–water partition coefficient (Wildman–Crippen LogP) is -1.40. The van der Waals surface area contributed by atoms with Gasteiger partial charge in [0, 0.05) is 6.08 Å². The summed E-state index contributed by atoms with van der Waals surface area (Å²) in [6.07, 6.45) is 2.36. The van der Waals surface area contributed by atoms with E-state index in [1.807, 2.05) is 0 Å². The van der Waals surface area contributed by atoms with Crippen LogP contribution in [0.25, 0.3) is 0 Å². The van der Waals surface area contributed by atoms with Gasteiger partial charge in [0.25, 0.3) is 0 Å². The summed E-state index contributed by atoms with van der Waals surface area (Å²) in [7, 11) is 0. The van der Waals surface area contributed by atoms with Crippen LogP contribution in [0.5, 0.6) is 0 Å². The number of nitrogens with zero attached hydrogens (tertiary/aromatic N) is 1. The second kappa shape index (κ2) is 8.81. The van der Waals surface area contributed by atoms with Crippen molar-refractivity contribution in [3.05, 3.63) is 12.7 Å². The Labute approximate surface area is 69.0 Å². The molecule has 0 unspecified atom stereocenters. The van der Waals surface area contributed by atoms with Gasteiger partial charge in [-0.15, -0.1) is 0 Å². The van der Waals surface area contributed by atoms with Crippen molar-refractivity contribution in [2.24, 2.45) is 4.99 Å². The summed E-state index contributed by atoms with van der Waals surface area (Å²) in [4.78, 5) is 22.9. The molecule has 0 heterocycles. The molecular weight excluding hydrogens is 162 g/mol. The molecule has 0 aromatic heterocycles. The fourth-order valence-electron chi connectivity index (χ4n) is 0.296. The summed E-state index contributed by atoms with van der Waals surface area (Å²) >= 11 is 0. The number of hydrogen-bond acceptors (Lipinski definition) is 4. The molecule has 0 saturated heterocycles. The Morgan fingerprint density at radius 1 is 1.73 bits per heavy atom. The summed E-state index contributed by atoms with van der Waals surface area (Å²) in [6.45, 7) is 3.43. The molecule has 0 aromatic rings. The van der Waals surface area contributed by atoms with Crippen LogP contribution < -0.4 is 0 Å². The molecule has 0 fully saturated rings. The second-order valence-corrected chi connectivity index (χ2v) is 1.34. The normalized spacial score (nSPS) is 6.91. The highest BCUT2D eigenvalue weighted by atomic mass is 28.1. The minimum Gasteiger partial charge on any atom is -0.461 e. The Morgan fingerprint density at radius 2 is 2.36 bits per heavy atom. The lowest BCUT2D eigenvalue weighted by Gasteiger charge is -1.94. The number of hydrogen-bond donors (Lipinski definition) is 0. The minimum atomic E-state index is -0.513. The maximum Gasteiger partial charge on any atom is 0.330 e. The van der Waals surface area contributed by atoms with Crippen molar-refractivity contribution >= 4 is 23.0 Å². The number of ether oxygens (including phenoxy) is 1. The van der Waals surface area contributed by atoms with Gasteiger partial charge in [0.05, 0.1) is 6.54 Å². The summed E-state index contributed by atoms with van der Waals surface area (Å²) in [5.74, 6) is -0.513. The van der Waals surface area contributed by atoms with Crippen molar-refractivity contribution in [2.75, 3.05) is 13.2 Å². The lowest BCUT2D eigenvalue weighted by molar-refractivity contribution is -0.137. The van der Waals surface area contributed by atoms with Crippen molar-refractivity contribution in [3.8, 4) is 0 Å². The average Bonchev–Trinajstić information content (AvgIpc) is 1.98. The van der Waals surface area contributed by atoms with Crippen LogP contribution in [0.15, 0.2) is 17.6 Å². The number of carbonyl (C=O) groups excluding carboxylic acids is 2. The van der Waals surface area contributed by atoms with Crippen molar-refractivity contribution < 1.29 is 14.3 Å². The molecule has 0 radical (unpaired) electrons. The van der Waals surface area contributed by atoms with E-state index in [2.05, 4.69) is 16.3 Å². The smallest absolute Gasteiger partial charge is 0.330 e. The largest absolute Gasteiger partial charge is 0.461 e. The number of aliphatic imine (C=N–C) groups is 1. The van der Waals surface area contributed by atoms with Crippen molar-refractivity contribution in [2.45, 2.75) is 0 Å². The molecule has 0 saturated carbocycles. The number of isocyanates is 1. The van der Waals surface area contributed by atoms with Crippen LogP contribution in [0.3, 0.4) is 0 Å². The first-order valence-electron chi connectivity index (χ1n) is 2.64. The van der Waals surface area contributed by atoms with Gasteiger partial charge in [0.15, 0.2) is 0 Å². The van der Waals surface area contributed by atoms with Gasteiger partial charge in [0.2, 0.25) is 6.08 Å². The van der Waals surface area contributed by atoms with E-state index in [0.717, 1.165) is 6.08 Å². The molecule has 62 valence electrons. The fraction of sp³-hybridized carbons (Fsp3) is 0.333. The Morgan fingerprint density at radius 3 is 2.82 bits per heavy atom. The van der Waals surface area contributed by atoms with E-state index < -0.39 is 5.97 Å². The molecule has 0 bridgehead atoms. The maximum absolute atomic E-state index is 10.3. The molecule has 4 nitrogen and oxygen atoms in total. The molecule has 5 heteroatoms. The van der Waals surface area contributed by atoms with Gasteiger partial charge < -0.3 is 4.74 Å². The molecule has 0 atom stereocenters. The molecule has 0 aliphatic heterocycles. The molecule has 0 spiro atoms. The van der Waals surface area contributed by atoms with Crippen molar-refractivity contribution in [1.82, 2.24) is 0 Å². The molecular formula is C6H11NO3Si. The lowest BCUT2D eigenvalue weighted by Crippen LogP contribution is -2.03. The SMILES string of the molecule is C=CC(=O)OCCN=C=O.[SiH4]. The van der Waals surface area contributed by atoms with E-state index >= 15 is 0 Å².